The quantitative estimate of drug-likeness (QED) is 0.665. The zero-order chi connectivity index (χ0) is 17.8. The zero-order valence-electron chi connectivity index (χ0n) is 13.5. The molecule has 2 aromatic carbocycles. The molecular weight excluding hydrogens is 358 g/mol. The average molecular weight is 374 g/mol. The first-order valence-electron chi connectivity index (χ1n) is 7.83. The van der Waals surface area contributed by atoms with Crippen molar-refractivity contribution in [2.45, 2.75) is 19.8 Å². The summed E-state index contributed by atoms with van der Waals surface area (Å²) in [4.78, 5) is 28.4. The fourth-order valence-corrected chi connectivity index (χ4v) is 3.45. The highest BCUT2D eigenvalue weighted by Crippen LogP contribution is 2.29. The lowest BCUT2D eigenvalue weighted by Crippen LogP contribution is -2.12. The predicted octanol–water partition coefficient (Wildman–Crippen LogP) is 4.94. The molecule has 0 aliphatic heterocycles. The number of anilines is 2. The van der Waals surface area contributed by atoms with Crippen LogP contribution in [0.25, 0.3) is 10.2 Å². The molecule has 1 heterocycles. The number of hydrogen-bond donors (Lipinski definition) is 2. The summed E-state index contributed by atoms with van der Waals surface area (Å²) in [5.74, 6) is -0.320. The van der Waals surface area contributed by atoms with E-state index in [1.165, 1.54) is 11.3 Å². The maximum absolute atomic E-state index is 12.3. The second kappa shape index (κ2) is 7.63. The minimum absolute atomic E-state index is 0.0474. The van der Waals surface area contributed by atoms with Gasteiger partial charge in [-0.25, -0.2) is 4.98 Å². The van der Waals surface area contributed by atoms with Gasteiger partial charge in [-0.3, -0.25) is 9.59 Å². The minimum atomic E-state index is -0.272. The molecule has 0 radical (unpaired) electrons. The summed E-state index contributed by atoms with van der Waals surface area (Å²) >= 11 is 7.42. The molecule has 0 saturated heterocycles. The molecule has 3 rings (SSSR count). The molecule has 0 fully saturated rings. The third-order valence-corrected chi connectivity index (χ3v) is 4.75. The van der Waals surface area contributed by atoms with E-state index < -0.39 is 0 Å². The first kappa shape index (κ1) is 17.4. The molecule has 2 amide bonds. The number of fused-ring (bicyclic) bond motifs is 1. The van der Waals surface area contributed by atoms with Gasteiger partial charge in [0.1, 0.15) is 0 Å². The van der Waals surface area contributed by atoms with Crippen LogP contribution in [0.3, 0.4) is 0 Å². The van der Waals surface area contributed by atoms with E-state index in [0.29, 0.717) is 27.8 Å². The minimum Gasteiger partial charge on any atom is -0.322 e. The Morgan fingerprint density at radius 3 is 2.72 bits per heavy atom. The molecule has 7 heteroatoms. The van der Waals surface area contributed by atoms with Crippen molar-refractivity contribution in [3.05, 3.63) is 53.1 Å². The van der Waals surface area contributed by atoms with E-state index in [1.54, 1.807) is 30.3 Å². The molecule has 25 heavy (non-hydrogen) atoms. The van der Waals surface area contributed by atoms with Crippen molar-refractivity contribution in [1.29, 1.82) is 0 Å². The molecule has 1 aromatic heterocycles. The second-order valence-corrected chi connectivity index (χ2v) is 6.87. The number of amides is 2. The number of nitrogens with zero attached hydrogens (tertiary/aromatic N) is 1. The van der Waals surface area contributed by atoms with Crippen molar-refractivity contribution in [1.82, 2.24) is 4.98 Å². The molecule has 128 valence electrons. The van der Waals surface area contributed by atoms with Crippen LogP contribution in [0, 0.1) is 0 Å². The summed E-state index contributed by atoms with van der Waals surface area (Å²) in [5, 5.41) is 6.58. The number of halogens is 1. The van der Waals surface area contributed by atoms with Gasteiger partial charge in [0, 0.05) is 12.1 Å². The first-order valence-corrected chi connectivity index (χ1v) is 9.02. The van der Waals surface area contributed by atoms with Crippen LogP contribution in [0.4, 0.5) is 10.8 Å². The number of rotatable bonds is 5. The summed E-state index contributed by atoms with van der Waals surface area (Å²) < 4.78 is 0.878. The molecule has 0 aliphatic rings. The Morgan fingerprint density at radius 1 is 1.16 bits per heavy atom. The van der Waals surface area contributed by atoms with E-state index in [-0.39, 0.29) is 11.8 Å². The number of aromatic nitrogens is 1. The summed E-state index contributed by atoms with van der Waals surface area (Å²) in [6.07, 6.45) is 1.25. The summed E-state index contributed by atoms with van der Waals surface area (Å²) in [7, 11) is 0. The maximum atomic E-state index is 12.3. The number of nitrogens with one attached hydrogen (secondary N) is 2. The lowest BCUT2D eigenvalue weighted by Gasteiger charge is -2.06. The Labute approximate surface area is 154 Å². The molecule has 0 spiro atoms. The van der Waals surface area contributed by atoms with E-state index in [1.807, 2.05) is 19.1 Å². The Kier molecular flexibility index (Phi) is 5.31. The van der Waals surface area contributed by atoms with Crippen LogP contribution in [-0.4, -0.2) is 16.8 Å². The first-order chi connectivity index (χ1) is 12.1. The van der Waals surface area contributed by atoms with Gasteiger partial charge in [0.15, 0.2) is 5.13 Å². The van der Waals surface area contributed by atoms with Gasteiger partial charge < -0.3 is 10.6 Å². The highest BCUT2D eigenvalue weighted by molar-refractivity contribution is 7.22. The van der Waals surface area contributed by atoms with E-state index in [4.69, 9.17) is 11.6 Å². The Balaban J connectivity index is 1.78. The standard InChI is InChI=1S/C18H16ClN3O2S/c1-2-5-16(23)22-18-21-14-9-8-11(10-15(14)25-18)20-17(24)12-6-3-4-7-13(12)19/h3-4,6-10H,2,5H2,1H3,(H,20,24)(H,21,22,23). The predicted molar refractivity (Wildman–Crippen MR) is 103 cm³/mol. The lowest BCUT2D eigenvalue weighted by atomic mass is 10.2. The molecular formula is C18H16ClN3O2S. The van der Waals surface area contributed by atoms with Crippen molar-refractivity contribution in [2.75, 3.05) is 10.6 Å². The number of hydrogen-bond acceptors (Lipinski definition) is 4. The van der Waals surface area contributed by atoms with Crippen LogP contribution in [-0.2, 0) is 4.79 Å². The molecule has 0 saturated carbocycles. The zero-order valence-corrected chi connectivity index (χ0v) is 15.1. The summed E-state index contributed by atoms with van der Waals surface area (Å²) in [5.41, 5.74) is 1.83. The highest BCUT2D eigenvalue weighted by atomic mass is 35.5. The van der Waals surface area contributed by atoms with Crippen molar-refractivity contribution in [2.24, 2.45) is 0 Å². The van der Waals surface area contributed by atoms with E-state index >= 15 is 0 Å². The smallest absolute Gasteiger partial charge is 0.257 e. The van der Waals surface area contributed by atoms with Crippen LogP contribution < -0.4 is 10.6 Å². The van der Waals surface area contributed by atoms with Crippen LogP contribution in [0.1, 0.15) is 30.1 Å². The van der Waals surface area contributed by atoms with Crippen LogP contribution in [0.2, 0.25) is 5.02 Å². The van der Waals surface area contributed by atoms with Crippen LogP contribution >= 0.6 is 22.9 Å². The van der Waals surface area contributed by atoms with Crippen molar-refractivity contribution >= 4 is 55.8 Å². The topological polar surface area (TPSA) is 71.1 Å². The lowest BCUT2D eigenvalue weighted by molar-refractivity contribution is -0.116. The number of carbonyl (C=O) groups excluding carboxylic acids is 2. The molecule has 3 aromatic rings. The van der Waals surface area contributed by atoms with Crippen molar-refractivity contribution in [3.63, 3.8) is 0 Å². The maximum Gasteiger partial charge on any atom is 0.257 e. The monoisotopic (exact) mass is 373 g/mol. The summed E-state index contributed by atoms with van der Waals surface area (Å²) in [6.45, 7) is 1.95. The van der Waals surface area contributed by atoms with Gasteiger partial charge in [0.25, 0.3) is 5.91 Å². The normalized spacial score (nSPS) is 10.6. The Hall–Kier alpha value is -2.44. The van der Waals surface area contributed by atoms with Gasteiger partial charge in [-0.2, -0.15) is 0 Å². The molecule has 0 unspecified atom stereocenters. The largest absolute Gasteiger partial charge is 0.322 e. The fraction of sp³-hybridized carbons (Fsp3) is 0.167. The molecule has 0 aliphatic carbocycles. The average Bonchev–Trinajstić information content (AvgIpc) is 2.96. The van der Waals surface area contributed by atoms with Crippen molar-refractivity contribution < 1.29 is 9.59 Å². The third kappa shape index (κ3) is 4.15. The fourth-order valence-electron chi connectivity index (χ4n) is 2.31. The number of carbonyl (C=O) groups is 2. The summed E-state index contributed by atoms with van der Waals surface area (Å²) in [6, 6.07) is 12.3. The van der Waals surface area contributed by atoms with Gasteiger partial charge in [-0.15, -0.1) is 0 Å². The highest BCUT2D eigenvalue weighted by Gasteiger charge is 2.12. The second-order valence-electron chi connectivity index (χ2n) is 5.43. The Morgan fingerprint density at radius 2 is 1.96 bits per heavy atom. The number of thiazole rings is 1. The van der Waals surface area contributed by atoms with Gasteiger partial charge in [0.2, 0.25) is 5.91 Å². The van der Waals surface area contributed by atoms with Crippen molar-refractivity contribution in [3.8, 4) is 0 Å². The van der Waals surface area contributed by atoms with Crippen LogP contribution in [0.5, 0.6) is 0 Å². The van der Waals surface area contributed by atoms with E-state index in [0.717, 1.165) is 16.6 Å². The SMILES string of the molecule is CCCC(=O)Nc1nc2ccc(NC(=O)c3ccccc3Cl)cc2s1. The van der Waals surface area contributed by atoms with Gasteiger partial charge in [0.05, 0.1) is 20.8 Å². The molecule has 0 atom stereocenters. The Bertz CT molecular complexity index is 939. The molecule has 0 bridgehead atoms. The van der Waals surface area contributed by atoms with Gasteiger partial charge >= 0.3 is 0 Å². The van der Waals surface area contributed by atoms with E-state index in [9.17, 15) is 9.59 Å². The van der Waals surface area contributed by atoms with Gasteiger partial charge in [-0.05, 0) is 36.8 Å². The van der Waals surface area contributed by atoms with Crippen LogP contribution in [0.15, 0.2) is 42.5 Å². The molecule has 5 nitrogen and oxygen atoms in total. The van der Waals surface area contributed by atoms with E-state index in [2.05, 4.69) is 15.6 Å². The molecule has 2 N–H and O–H groups in total. The number of benzene rings is 2. The third-order valence-electron chi connectivity index (χ3n) is 3.49. The van der Waals surface area contributed by atoms with Gasteiger partial charge in [-0.1, -0.05) is 42.0 Å².